The van der Waals surface area contributed by atoms with Gasteiger partial charge in [-0.15, -0.1) is 0 Å². The summed E-state index contributed by atoms with van der Waals surface area (Å²) >= 11 is 0. The Morgan fingerprint density at radius 2 is 2.16 bits per heavy atom. The van der Waals surface area contributed by atoms with E-state index in [1.54, 1.807) is 7.11 Å². The molecule has 1 saturated heterocycles. The van der Waals surface area contributed by atoms with Gasteiger partial charge in [0, 0.05) is 18.2 Å². The van der Waals surface area contributed by atoms with Crippen LogP contribution in [0.25, 0.3) is 0 Å². The van der Waals surface area contributed by atoms with Gasteiger partial charge in [-0.2, -0.15) is 0 Å². The van der Waals surface area contributed by atoms with Gasteiger partial charge in [0.1, 0.15) is 5.75 Å². The monoisotopic (exact) mass is 263 g/mol. The van der Waals surface area contributed by atoms with Crippen LogP contribution in [0.2, 0.25) is 0 Å². The summed E-state index contributed by atoms with van der Waals surface area (Å²) in [5, 5.41) is 9.26. The minimum atomic E-state index is 0.0869. The van der Waals surface area contributed by atoms with E-state index in [4.69, 9.17) is 4.74 Å². The third-order valence-electron chi connectivity index (χ3n) is 4.18. The highest BCUT2D eigenvalue weighted by atomic mass is 16.5. The minimum Gasteiger partial charge on any atom is -0.496 e. The lowest BCUT2D eigenvalue weighted by atomic mass is 9.93. The molecule has 1 aliphatic heterocycles. The molecule has 0 amide bonds. The molecule has 3 heteroatoms. The number of ether oxygens (including phenoxy) is 1. The third kappa shape index (κ3) is 3.48. The first-order chi connectivity index (χ1) is 9.13. The van der Waals surface area contributed by atoms with E-state index in [1.807, 2.05) is 12.1 Å². The Kier molecular flexibility index (Phi) is 4.83. The van der Waals surface area contributed by atoms with Crippen LogP contribution >= 0.6 is 0 Å². The molecule has 2 unspecified atom stereocenters. The molecule has 1 aromatic carbocycles. The van der Waals surface area contributed by atoms with Crippen molar-refractivity contribution in [3.8, 4) is 5.75 Å². The van der Waals surface area contributed by atoms with Gasteiger partial charge in [0.2, 0.25) is 0 Å². The molecule has 0 aromatic heterocycles. The van der Waals surface area contributed by atoms with Crippen LogP contribution in [0.4, 0.5) is 0 Å². The largest absolute Gasteiger partial charge is 0.496 e. The van der Waals surface area contributed by atoms with Crippen LogP contribution in [-0.4, -0.2) is 29.7 Å². The molecule has 2 rings (SSSR count). The second-order valence-electron chi connectivity index (χ2n) is 5.75. The molecular weight excluding hydrogens is 238 g/mol. The number of piperidine rings is 1. The summed E-state index contributed by atoms with van der Waals surface area (Å²) in [7, 11) is 1.71. The molecule has 1 aliphatic rings. The van der Waals surface area contributed by atoms with Gasteiger partial charge in [0.05, 0.1) is 13.7 Å². The third-order valence-corrected chi connectivity index (χ3v) is 4.18. The first-order valence-electron chi connectivity index (χ1n) is 7.14. The molecule has 2 atom stereocenters. The molecule has 1 N–H and O–H groups in total. The van der Waals surface area contributed by atoms with Gasteiger partial charge in [0.25, 0.3) is 0 Å². The van der Waals surface area contributed by atoms with Crippen LogP contribution in [0.15, 0.2) is 18.2 Å². The highest BCUT2D eigenvalue weighted by Crippen LogP contribution is 2.27. The van der Waals surface area contributed by atoms with E-state index in [0.717, 1.165) is 30.3 Å². The smallest absolute Gasteiger partial charge is 0.123 e. The fourth-order valence-corrected chi connectivity index (χ4v) is 2.96. The number of likely N-dealkylation sites (tertiary alicyclic amines) is 1. The maximum atomic E-state index is 9.26. The lowest BCUT2D eigenvalue weighted by Gasteiger charge is -2.36. The van der Waals surface area contributed by atoms with Gasteiger partial charge >= 0.3 is 0 Å². The van der Waals surface area contributed by atoms with E-state index < -0.39 is 0 Å². The number of rotatable bonds is 4. The number of methoxy groups -OCH3 is 1. The first kappa shape index (κ1) is 14.4. The molecule has 0 aliphatic carbocycles. The maximum Gasteiger partial charge on any atom is 0.123 e. The Labute approximate surface area is 116 Å². The molecule has 0 radical (unpaired) electrons. The molecule has 0 bridgehead atoms. The summed E-state index contributed by atoms with van der Waals surface area (Å²) in [6.45, 7) is 6.78. The lowest BCUT2D eigenvalue weighted by molar-refractivity contribution is 0.121. The molecule has 0 saturated carbocycles. The van der Waals surface area contributed by atoms with Crippen molar-refractivity contribution in [3.63, 3.8) is 0 Å². The van der Waals surface area contributed by atoms with E-state index in [9.17, 15) is 5.11 Å². The topological polar surface area (TPSA) is 32.7 Å². The normalized spacial score (nSPS) is 24.4. The predicted molar refractivity (Wildman–Crippen MR) is 77.2 cm³/mol. The van der Waals surface area contributed by atoms with Crippen molar-refractivity contribution in [1.29, 1.82) is 0 Å². The summed E-state index contributed by atoms with van der Waals surface area (Å²) < 4.78 is 5.43. The summed E-state index contributed by atoms with van der Waals surface area (Å²) in [6.07, 6.45) is 2.54. The Balaban J connectivity index is 2.13. The van der Waals surface area contributed by atoms with E-state index >= 15 is 0 Å². The Morgan fingerprint density at radius 1 is 1.37 bits per heavy atom. The Morgan fingerprint density at radius 3 is 2.79 bits per heavy atom. The van der Waals surface area contributed by atoms with Crippen molar-refractivity contribution in [3.05, 3.63) is 29.3 Å². The summed E-state index contributed by atoms with van der Waals surface area (Å²) in [5.41, 5.74) is 2.13. The Bertz CT molecular complexity index is 419. The number of hydrogen-bond donors (Lipinski definition) is 1. The van der Waals surface area contributed by atoms with Crippen molar-refractivity contribution in [1.82, 2.24) is 4.90 Å². The fraction of sp³-hybridized carbons (Fsp3) is 0.625. The van der Waals surface area contributed by atoms with E-state index in [1.165, 1.54) is 18.4 Å². The van der Waals surface area contributed by atoms with Crippen molar-refractivity contribution < 1.29 is 9.84 Å². The van der Waals surface area contributed by atoms with Crippen LogP contribution in [0, 0.1) is 5.92 Å². The van der Waals surface area contributed by atoms with Gasteiger partial charge < -0.3 is 9.84 Å². The molecule has 106 valence electrons. The van der Waals surface area contributed by atoms with Crippen LogP contribution in [-0.2, 0) is 13.2 Å². The quantitative estimate of drug-likeness (QED) is 0.906. The molecule has 3 nitrogen and oxygen atoms in total. The van der Waals surface area contributed by atoms with Gasteiger partial charge in [-0.3, -0.25) is 4.90 Å². The summed E-state index contributed by atoms with van der Waals surface area (Å²) in [6, 6.07) is 6.55. The number of nitrogens with zero attached hydrogens (tertiary/aromatic N) is 1. The summed E-state index contributed by atoms with van der Waals surface area (Å²) in [5.74, 6) is 1.75. The zero-order chi connectivity index (χ0) is 13.8. The zero-order valence-corrected chi connectivity index (χ0v) is 12.2. The molecule has 0 spiro atoms. The van der Waals surface area contributed by atoms with Crippen LogP contribution in [0.1, 0.15) is 37.8 Å². The van der Waals surface area contributed by atoms with E-state index in [2.05, 4.69) is 24.8 Å². The second kappa shape index (κ2) is 6.40. The van der Waals surface area contributed by atoms with Crippen LogP contribution in [0.5, 0.6) is 5.75 Å². The van der Waals surface area contributed by atoms with Gasteiger partial charge in [-0.05, 0) is 49.9 Å². The molecular formula is C16H25NO2. The highest BCUT2D eigenvalue weighted by Gasteiger charge is 2.23. The highest BCUT2D eigenvalue weighted by molar-refractivity contribution is 5.37. The van der Waals surface area contributed by atoms with E-state index in [-0.39, 0.29) is 6.61 Å². The predicted octanol–water partition coefficient (Wildman–Crippen LogP) is 2.81. The van der Waals surface area contributed by atoms with Gasteiger partial charge in [-0.1, -0.05) is 13.0 Å². The Hall–Kier alpha value is -1.06. The number of aliphatic hydroxyl groups is 1. The minimum absolute atomic E-state index is 0.0869. The second-order valence-corrected chi connectivity index (χ2v) is 5.75. The van der Waals surface area contributed by atoms with Gasteiger partial charge in [0.15, 0.2) is 0 Å². The van der Waals surface area contributed by atoms with Crippen molar-refractivity contribution in [2.75, 3.05) is 13.7 Å². The molecule has 1 heterocycles. The van der Waals surface area contributed by atoms with Crippen molar-refractivity contribution in [2.45, 2.75) is 45.9 Å². The fourth-order valence-electron chi connectivity index (χ4n) is 2.96. The average Bonchev–Trinajstić information content (AvgIpc) is 2.41. The van der Waals surface area contributed by atoms with Crippen LogP contribution < -0.4 is 4.74 Å². The lowest BCUT2D eigenvalue weighted by Crippen LogP contribution is -2.39. The molecule has 1 aromatic rings. The SMILES string of the molecule is COc1ccc(CO)cc1CN1CCC(C)CC1C. The number of hydrogen-bond acceptors (Lipinski definition) is 3. The van der Waals surface area contributed by atoms with Crippen LogP contribution in [0.3, 0.4) is 0 Å². The summed E-state index contributed by atoms with van der Waals surface area (Å²) in [4.78, 5) is 2.51. The van der Waals surface area contributed by atoms with Crippen molar-refractivity contribution in [2.24, 2.45) is 5.92 Å². The zero-order valence-electron chi connectivity index (χ0n) is 12.2. The number of benzene rings is 1. The number of aliphatic hydroxyl groups excluding tert-OH is 1. The molecule has 19 heavy (non-hydrogen) atoms. The average molecular weight is 263 g/mol. The molecule has 1 fully saturated rings. The van der Waals surface area contributed by atoms with E-state index in [0.29, 0.717) is 6.04 Å². The standard InChI is InChI=1S/C16H25NO2/c1-12-6-7-17(13(2)8-12)10-15-9-14(11-18)4-5-16(15)19-3/h4-5,9,12-13,18H,6-8,10-11H2,1-3H3. The first-order valence-corrected chi connectivity index (χ1v) is 7.14. The van der Waals surface area contributed by atoms with Gasteiger partial charge in [-0.25, -0.2) is 0 Å². The maximum absolute atomic E-state index is 9.26. The van der Waals surface area contributed by atoms with Crippen molar-refractivity contribution >= 4 is 0 Å².